The number of amides is 1. The molecule has 6 nitrogen and oxygen atoms in total. The molecule has 8 heteroatoms. The van der Waals surface area contributed by atoms with Gasteiger partial charge in [0.1, 0.15) is 11.6 Å². The summed E-state index contributed by atoms with van der Waals surface area (Å²) >= 11 is 11.9. The molecule has 26 heavy (non-hydrogen) atoms. The molecule has 3 aromatic rings. The molecule has 0 bridgehead atoms. The Kier molecular flexibility index (Phi) is 5.32. The number of carbonyl (C=O) groups excluding carboxylic acids is 1. The molecule has 3 rings (SSSR count). The zero-order valence-corrected chi connectivity index (χ0v) is 14.7. The second-order valence-corrected chi connectivity index (χ2v) is 5.95. The van der Waals surface area contributed by atoms with Crippen LogP contribution < -0.4 is 5.32 Å². The van der Waals surface area contributed by atoms with Crippen LogP contribution in [-0.4, -0.2) is 20.7 Å². The van der Waals surface area contributed by atoms with Gasteiger partial charge in [0.05, 0.1) is 6.20 Å². The van der Waals surface area contributed by atoms with Crippen LogP contribution in [0.3, 0.4) is 0 Å². The van der Waals surface area contributed by atoms with E-state index in [4.69, 9.17) is 23.2 Å². The Morgan fingerprint density at radius 3 is 2.81 bits per heavy atom. The van der Waals surface area contributed by atoms with Crippen molar-refractivity contribution >= 4 is 41.0 Å². The first kappa shape index (κ1) is 17.7. The monoisotopic (exact) mass is 383 g/mol. The molecule has 2 heterocycles. The summed E-state index contributed by atoms with van der Waals surface area (Å²) < 4.78 is 1.39. The van der Waals surface area contributed by atoms with Crippen LogP contribution in [0.4, 0.5) is 5.82 Å². The van der Waals surface area contributed by atoms with Crippen LogP contribution in [0.5, 0.6) is 0 Å². The first-order chi connectivity index (χ1) is 12.6. The first-order valence-corrected chi connectivity index (χ1v) is 8.17. The molecule has 1 aromatic carbocycles. The van der Waals surface area contributed by atoms with Gasteiger partial charge in [0, 0.05) is 22.3 Å². The van der Waals surface area contributed by atoms with Gasteiger partial charge in [-0.15, -0.1) is 0 Å². The number of nitrogens with one attached hydrogen (secondary N) is 1. The van der Waals surface area contributed by atoms with E-state index in [1.54, 1.807) is 48.7 Å². The number of nitrogens with zero attached hydrogens (tertiary/aromatic N) is 4. The Hall–Kier alpha value is -3.14. The average Bonchev–Trinajstić information content (AvgIpc) is 3.04. The van der Waals surface area contributed by atoms with E-state index in [0.29, 0.717) is 21.4 Å². The highest BCUT2D eigenvalue weighted by Gasteiger charge is 2.14. The quantitative estimate of drug-likeness (QED) is 0.687. The zero-order valence-electron chi connectivity index (χ0n) is 13.2. The second kappa shape index (κ2) is 7.83. The number of hydrogen-bond acceptors (Lipinski definition) is 4. The molecular weight excluding hydrogens is 373 g/mol. The Morgan fingerprint density at radius 1 is 1.27 bits per heavy atom. The van der Waals surface area contributed by atoms with Gasteiger partial charge >= 0.3 is 0 Å². The number of aromatic nitrogens is 3. The van der Waals surface area contributed by atoms with Crippen molar-refractivity contribution in [2.24, 2.45) is 0 Å². The molecule has 128 valence electrons. The summed E-state index contributed by atoms with van der Waals surface area (Å²) in [5, 5.41) is 16.9. The summed E-state index contributed by atoms with van der Waals surface area (Å²) in [5.41, 5.74) is 0.867. The largest absolute Gasteiger partial charge is 0.306 e. The fraction of sp³-hybridized carbons (Fsp3) is 0. The van der Waals surface area contributed by atoms with Gasteiger partial charge in [-0.1, -0.05) is 35.3 Å². The Morgan fingerprint density at radius 2 is 2.12 bits per heavy atom. The topological polar surface area (TPSA) is 83.6 Å². The minimum absolute atomic E-state index is 0.224. The van der Waals surface area contributed by atoms with Gasteiger partial charge in [-0.25, -0.2) is 4.98 Å². The number of pyridine rings is 1. The van der Waals surface area contributed by atoms with Crippen molar-refractivity contribution in [1.29, 1.82) is 5.26 Å². The van der Waals surface area contributed by atoms with Crippen molar-refractivity contribution in [3.05, 3.63) is 76.0 Å². The number of anilines is 1. The number of halogens is 2. The highest BCUT2D eigenvalue weighted by atomic mass is 35.5. The number of rotatable bonds is 4. The van der Waals surface area contributed by atoms with Crippen molar-refractivity contribution in [3.8, 4) is 11.9 Å². The maximum absolute atomic E-state index is 12.3. The first-order valence-electron chi connectivity index (χ1n) is 7.42. The third-order valence-corrected chi connectivity index (χ3v) is 3.94. The molecule has 1 amide bonds. The molecule has 0 spiro atoms. The van der Waals surface area contributed by atoms with Crippen molar-refractivity contribution in [3.63, 3.8) is 0 Å². The van der Waals surface area contributed by atoms with Crippen molar-refractivity contribution < 1.29 is 4.79 Å². The minimum atomic E-state index is -0.440. The van der Waals surface area contributed by atoms with E-state index in [0.717, 1.165) is 0 Å². The summed E-state index contributed by atoms with van der Waals surface area (Å²) in [6, 6.07) is 12.2. The predicted octanol–water partition coefficient (Wildman–Crippen LogP) is 4.10. The van der Waals surface area contributed by atoms with Crippen LogP contribution in [0.1, 0.15) is 11.1 Å². The lowest BCUT2D eigenvalue weighted by atomic mass is 10.2. The van der Waals surface area contributed by atoms with E-state index in [-0.39, 0.29) is 11.4 Å². The SMILES string of the molecule is N#Cc1cnn(-c2ccccn2)c1NC(=O)/C=C/c1ccc(Cl)cc1Cl. The fourth-order valence-corrected chi connectivity index (χ4v) is 2.64. The van der Waals surface area contributed by atoms with Gasteiger partial charge in [-0.3, -0.25) is 4.79 Å². The fourth-order valence-electron chi connectivity index (χ4n) is 2.16. The molecule has 1 N–H and O–H groups in total. The molecule has 0 radical (unpaired) electrons. The van der Waals surface area contributed by atoms with Gasteiger partial charge in [-0.05, 0) is 35.9 Å². The lowest BCUT2D eigenvalue weighted by Crippen LogP contribution is -2.13. The van der Waals surface area contributed by atoms with Crippen LogP contribution in [0.25, 0.3) is 11.9 Å². The molecule has 0 saturated heterocycles. The molecule has 0 unspecified atom stereocenters. The van der Waals surface area contributed by atoms with Crippen molar-refractivity contribution in [1.82, 2.24) is 14.8 Å². The summed E-state index contributed by atoms with van der Waals surface area (Å²) in [7, 11) is 0. The molecule has 0 saturated carbocycles. The second-order valence-electron chi connectivity index (χ2n) is 5.11. The number of nitriles is 1. The zero-order chi connectivity index (χ0) is 18.5. The molecule has 0 aliphatic heterocycles. The molecular formula is C18H11Cl2N5O. The predicted molar refractivity (Wildman–Crippen MR) is 100 cm³/mol. The highest BCUT2D eigenvalue weighted by Crippen LogP contribution is 2.22. The minimum Gasteiger partial charge on any atom is -0.306 e. The van der Waals surface area contributed by atoms with E-state index in [2.05, 4.69) is 15.4 Å². The summed E-state index contributed by atoms with van der Waals surface area (Å²) in [6.07, 6.45) is 5.83. The van der Waals surface area contributed by atoms with Gasteiger partial charge in [0.25, 0.3) is 0 Å². The molecule has 0 atom stereocenters. The molecule has 0 fully saturated rings. The van der Waals surface area contributed by atoms with Gasteiger partial charge in [0.2, 0.25) is 5.91 Å². The third-order valence-electron chi connectivity index (χ3n) is 3.37. The van der Waals surface area contributed by atoms with E-state index >= 15 is 0 Å². The van der Waals surface area contributed by atoms with Crippen LogP contribution in [0.2, 0.25) is 10.0 Å². The Balaban J connectivity index is 1.84. The lowest BCUT2D eigenvalue weighted by molar-refractivity contribution is -0.111. The summed E-state index contributed by atoms with van der Waals surface area (Å²) in [5.74, 6) is 0.280. The smallest absolute Gasteiger partial charge is 0.249 e. The Labute approximate surface area is 159 Å². The van der Waals surface area contributed by atoms with Crippen molar-refractivity contribution in [2.45, 2.75) is 0 Å². The molecule has 2 aromatic heterocycles. The average molecular weight is 384 g/mol. The third kappa shape index (κ3) is 3.91. The standard InChI is InChI=1S/C18H11Cl2N5O/c19-14-6-4-12(15(20)9-14)5-7-17(26)24-18-13(10-21)11-23-25(18)16-3-1-2-8-22-16/h1-9,11H,(H,24,26)/b7-5+. The summed E-state index contributed by atoms with van der Waals surface area (Å²) in [6.45, 7) is 0. The van der Waals surface area contributed by atoms with E-state index in [1.807, 2.05) is 6.07 Å². The maximum Gasteiger partial charge on any atom is 0.249 e. The maximum atomic E-state index is 12.3. The van der Waals surface area contributed by atoms with Gasteiger partial charge < -0.3 is 5.32 Å². The highest BCUT2D eigenvalue weighted by molar-refractivity contribution is 6.35. The van der Waals surface area contributed by atoms with E-state index in [9.17, 15) is 10.1 Å². The van der Waals surface area contributed by atoms with Crippen LogP contribution >= 0.6 is 23.2 Å². The number of benzene rings is 1. The summed E-state index contributed by atoms with van der Waals surface area (Å²) in [4.78, 5) is 16.4. The van der Waals surface area contributed by atoms with Gasteiger partial charge in [0.15, 0.2) is 11.6 Å². The molecule has 0 aliphatic rings. The van der Waals surface area contributed by atoms with E-state index < -0.39 is 5.91 Å². The molecule has 0 aliphatic carbocycles. The number of hydrogen-bond donors (Lipinski definition) is 1. The lowest BCUT2D eigenvalue weighted by Gasteiger charge is -2.07. The van der Waals surface area contributed by atoms with E-state index in [1.165, 1.54) is 17.0 Å². The van der Waals surface area contributed by atoms with Crippen LogP contribution in [0, 0.1) is 11.3 Å². The van der Waals surface area contributed by atoms with Crippen LogP contribution in [0.15, 0.2) is 54.9 Å². The normalized spacial score (nSPS) is 10.7. The number of carbonyl (C=O) groups is 1. The Bertz CT molecular complexity index is 1020. The van der Waals surface area contributed by atoms with Gasteiger partial charge in [-0.2, -0.15) is 15.0 Å². The van der Waals surface area contributed by atoms with Crippen molar-refractivity contribution in [2.75, 3.05) is 5.32 Å². The van der Waals surface area contributed by atoms with Crippen LogP contribution in [-0.2, 0) is 4.79 Å².